The summed E-state index contributed by atoms with van der Waals surface area (Å²) in [5.41, 5.74) is 9.88. The van der Waals surface area contributed by atoms with E-state index in [4.69, 9.17) is 5.73 Å². The zero-order chi connectivity index (χ0) is 11.5. The highest BCUT2D eigenvalue weighted by atomic mass is 14.9. The van der Waals surface area contributed by atoms with Crippen LogP contribution in [0.1, 0.15) is 43.7 Å². The Kier molecular flexibility index (Phi) is 3.49. The molecule has 1 atom stereocenters. The molecule has 2 heteroatoms. The number of benzene rings is 1. The van der Waals surface area contributed by atoms with Gasteiger partial charge < -0.3 is 11.1 Å². The molecular weight excluding hydrogens is 196 g/mol. The number of nitrogen functional groups attached to an aromatic ring is 1. The van der Waals surface area contributed by atoms with Crippen molar-refractivity contribution in [2.24, 2.45) is 0 Å². The molecule has 0 aromatic heterocycles. The quantitative estimate of drug-likeness (QED) is 0.765. The van der Waals surface area contributed by atoms with Gasteiger partial charge in [0, 0.05) is 18.3 Å². The van der Waals surface area contributed by atoms with E-state index in [1.54, 1.807) is 0 Å². The maximum absolute atomic E-state index is 6.04. The van der Waals surface area contributed by atoms with Gasteiger partial charge in [0.25, 0.3) is 0 Å². The van der Waals surface area contributed by atoms with Gasteiger partial charge in [0.05, 0.1) is 0 Å². The van der Waals surface area contributed by atoms with Crippen molar-refractivity contribution in [3.05, 3.63) is 29.3 Å². The fourth-order valence-electron chi connectivity index (χ4n) is 2.57. The van der Waals surface area contributed by atoms with Crippen LogP contribution >= 0.6 is 0 Å². The summed E-state index contributed by atoms with van der Waals surface area (Å²) in [5, 5.41) is 3.53. The van der Waals surface area contributed by atoms with Gasteiger partial charge in [0.15, 0.2) is 0 Å². The van der Waals surface area contributed by atoms with Gasteiger partial charge in [0.2, 0.25) is 0 Å². The van der Waals surface area contributed by atoms with E-state index in [1.165, 1.54) is 24.0 Å². The van der Waals surface area contributed by atoms with Crippen LogP contribution in [0.5, 0.6) is 0 Å². The summed E-state index contributed by atoms with van der Waals surface area (Å²) in [5.74, 6) is 0.648. The fraction of sp³-hybridized carbons (Fsp3) is 0.571. The highest BCUT2D eigenvalue weighted by molar-refractivity contribution is 5.53. The summed E-state index contributed by atoms with van der Waals surface area (Å²) in [4.78, 5) is 0. The van der Waals surface area contributed by atoms with Crippen molar-refractivity contribution < 1.29 is 0 Å². The lowest BCUT2D eigenvalue weighted by Gasteiger charge is -2.27. The molecule has 0 saturated heterocycles. The van der Waals surface area contributed by atoms with E-state index in [0.717, 1.165) is 18.7 Å². The number of rotatable bonds is 3. The molecule has 2 rings (SSSR count). The summed E-state index contributed by atoms with van der Waals surface area (Å²) in [6.45, 7) is 5.47. The third-order valence-corrected chi connectivity index (χ3v) is 3.44. The average Bonchev–Trinajstić information content (AvgIpc) is 2.27. The molecule has 0 radical (unpaired) electrons. The maximum Gasteiger partial charge on any atom is 0.0349 e. The molecule has 88 valence electrons. The number of anilines is 1. The largest absolute Gasteiger partial charge is 0.398 e. The van der Waals surface area contributed by atoms with Gasteiger partial charge in [-0.1, -0.05) is 26.0 Å². The molecule has 0 bridgehead atoms. The van der Waals surface area contributed by atoms with Crippen LogP contribution < -0.4 is 11.1 Å². The monoisotopic (exact) mass is 218 g/mol. The van der Waals surface area contributed by atoms with Crippen LogP contribution in [0.15, 0.2) is 18.2 Å². The lowest BCUT2D eigenvalue weighted by atomic mass is 9.82. The van der Waals surface area contributed by atoms with Crippen molar-refractivity contribution >= 4 is 5.69 Å². The van der Waals surface area contributed by atoms with Crippen LogP contribution in [0, 0.1) is 0 Å². The third kappa shape index (κ3) is 2.38. The van der Waals surface area contributed by atoms with Gasteiger partial charge in [-0.3, -0.25) is 0 Å². The normalized spacial score (nSPS) is 19.8. The second-order valence-corrected chi connectivity index (χ2v) is 5.07. The van der Waals surface area contributed by atoms with Crippen molar-refractivity contribution in [1.29, 1.82) is 0 Å². The van der Waals surface area contributed by atoms with Crippen LogP contribution in [-0.4, -0.2) is 12.6 Å². The molecule has 0 heterocycles. The predicted octanol–water partition coefficient (Wildman–Crippen LogP) is 2.69. The number of hydrogen-bond donors (Lipinski definition) is 2. The molecule has 3 N–H and O–H groups in total. The Hall–Kier alpha value is -1.02. The second kappa shape index (κ2) is 4.88. The van der Waals surface area contributed by atoms with E-state index < -0.39 is 0 Å². The Morgan fingerprint density at radius 2 is 2.25 bits per heavy atom. The van der Waals surface area contributed by atoms with E-state index in [1.807, 2.05) is 6.07 Å². The molecule has 0 aliphatic heterocycles. The zero-order valence-corrected chi connectivity index (χ0v) is 10.3. The molecular formula is C14H22N2. The highest BCUT2D eigenvalue weighted by Crippen LogP contribution is 2.34. The van der Waals surface area contributed by atoms with Crippen molar-refractivity contribution in [3.8, 4) is 0 Å². The van der Waals surface area contributed by atoms with E-state index in [0.29, 0.717) is 12.0 Å². The summed E-state index contributed by atoms with van der Waals surface area (Å²) < 4.78 is 0. The Balaban J connectivity index is 2.16. The minimum atomic E-state index is 0.562. The van der Waals surface area contributed by atoms with Gasteiger partial charge >= 0.3 is 0 Å². The molecule has 1 unspecified atom stereocenters. The first kappa shape index (κ1) is 11.5. The molecule has 0 amide bonds. The van der Waals surface area contributed by atoms with Crippen LogP contribution in [0.25, 0.3) is 0 Å². The SMILES string of the molecule is CC(C)NCC1CCCc2c(N)cccc21. The number of nitrogens with two attached hydrogens (primary N) is 1. The third-order valence-electron chi connectivity index (χ3n) is 3.44. The van der Waals surface area contributed by atoms with Crippen molar-refractivity contribution in [3.63, 3.8) is 0 Å². The Morgan fingerprint density at radius 3 is 3.00 bits per heavy atom. The van der Waals surface area contributed by atoms with E-state index in [-0.39, 0.29) is 0 Å². The standard InChI is InChI=1S/C14H22N2/c1-10(2)16-9-11-5-3-7-13-12(11)6-4-8-14(13)15/h4,6,8,10-11,16H,3,5,7,9,15H2,1-2H3. The lowest BCUT2D eigenvalue weighted by Crippen LogP contribution is -2.29. The molecule has 1 aliphatic carbocycles. The predicted molar refractivity (Wildman–Crippen MR) is 69.7 cm³/mol. The van der Waals surface area contributed by atoms with Crippen molar-refractivity contribution in [2.75, 3.05) is 12.3 Å². The second-order valence-electron chi connectivity index (χ2n) is 5.07. The smallest absolute Gasteiger partial charge is 0.0349 e. The van der Waals surface area contributed by atoms with Crippen LogP contribution in [0.4, 0.5) is 5.69 Å². The Morgan fingerprint density at radius 1 is 1.44 bits per heavy atom. The molecule has 2 nitrogen and oxygen atoms in total. The summed E-state index contributed by atoms with van der Waals surface area (Å²) in [6.07, 6.45) is 3.71. The van der Waals surface area contributed by atoms with Gasteiger partial charge in [-0.2, -0.15) is 0 Å². The molecule has 1 aliphatic rings. The van der Waals surface area contributed by atoms with E-state index in [2.05, 4.69) is 31.3 Å². The topological polar surface area (TPSA) is 38.0 Å². The van der Waals surface area contributed by atoms with Gasteiger partial charge in [-0.15, -0.1) is 0 Å². The number of nitrogens with one attached hydrogen (secondary N) is 1. The van der Waals surface area contributed by atoms with E-state index >= 15 is 0 Å². The maximum atomic E-state index is 6.04. The van der Waals surface area contributed by atoms with Crippen molar-refractivity contribution in [1.82, 2.24) is 5.32 Å². The van der Waals surface area contributed by atoms with E-state index in [9.17, 15) is 0 Å². The first-order chi connectivity index (χ1) is 7.68. The zero-order valence-electron chi connectivity index (χ0n) is 10.3. The first-order valence-corrected chi connectivity index (χ1v) is 6.29. The van der Waals surface area contributed by atoms with Gasteiger partial charge in [-0.05, 0) is 42.4 Å². The number of fused-ring (bicyclic) bond motifs is 1. The molecule has 1 aromatic carbocycles. The molecule has 0 saturated carbocycles. The lowest BCUT2D eigenvalue weighted by molar-refractivity contribution is 0.480. The number of hydrogen-bond acceptors (Lipinski definition) is 2. The average molecular weight is 218 g/mol. The Labute approximate surface area is 98.2 Å². The van der Waals surface area contributed by atoms with Crippen LogP contribution in [-0.2, 0) is 6.42 Å². The van der Waals surface area contributed by atoms with Crippen LogP contribution in [0.3, 0.4) is 0 Å². The Bertz CT molecular complexity index is 358. The first-order valence-electron chi connectivity index (χ1n) is 6.29. The molecule has 0 spiro atoms. The van der Waals surface area contributed by atoms with Crippen molar-refractivity contribution in [2.45, 2.75) is 45.1 Å². The molecule has 16 heavy (non-hydrogen) atoms. The minimum absolute atomic E-state index is 0.562. The molecule has 1 aromatic rings. The van der Waals surface area contributed by atoms with Gasteiger partial charge in [-0.25, -0.2) is 0 Å². The minimum Gasteiger partial charge on any atom is -0.398 e. The fourth-order valence-corrected chi connectivity index (χ4v) is 2.57. The molecule has 0 fully saturated rings. The van der Waals surface area contributed by atoms with Crippen LogP contribution in [0.2, 0.25) is 0 Å². The summed E-state index contributed by atoms with van der Waals surface area (Å²) in [7, 11) is 0. The summed E-state index contributed by atoms with van der Waals surface area (Å²) in [6, 6.07) is 6.92. The van der Waals surface area contributed by atoms with Gasteiger partial charge in [0.1, 0.15) is 0 Å². The summed E-state index contributed by atoms with van der Waals surface area (Å²) >= 11 is 0. The highest BCUT2D eigenvalue weighted by Gasteiger charge is 2.21.